The monoisotopic (exact) mass is 335 g/mol. The number of carbonyl (C=O) groups excluding carboxylic acids is 1. The molecule has 0 aromatic heterocycles. The summed E-state index contributed by atoms with van der Waals surface area (Å²) in [6.45, 7) is 1.12. The molecule has 1 aromatic rings. The normalized spacial score (nSPS) is 17.4. The van der Waals surface area contributed by atoms with Gasteiger partial charge in [0.25, 0.3) is 5.91 Å². The zero-order valence-corrected chi connectivity index (χ0v) is 13.5. The Bertz CT molecular complexity index is 634. The molecule has 1 fully saturated rings. The average molecular weight is 336 g/mol. The molecule has 1 aliphatic heterocycles. The summed E-state index contributed by atoms with van der Waals surface area (Å²) in [5.74, 6) is 0.110. The zero-order valence-electron chi connectivity index (χ0n) is 12.8. The Morgan fingerprint density at radius 3 is 3.09 bits per heavy atom. The molecule has 1 aromatic carbocycles. The van der Waals surface area contributed by atoms with E-state index in [0.717, 1.165) is 19.4 Å². The molecule has 0 aliphatic carbocycles. The van der Waals surface area contributed by atoms with E-state index in [9.17, 15) is 4.79 Å². The van der Waals surface area contributed by atoms with Crippen LogP contribution in [0.3, 0.4) is 0 Å². The molecule has 122 valence electrons. The van der Waals surface area contributed by atoms with Gasteiger partial charge >= 0.3 is 0 Å². The first-order valence-corrected chi connectivity index (χ1v) is 7.62. The fourth-order valence-electron chi connectivity index (χ4n) is 2.20. The molecule has 0 saturated carbocycles. The summed E-state index contributed by atoms with van der Waals surface area (Å²) < 4.78 is 10.6. The van der Waals surface area contributed by atoms with Crippen LogP contribution in [0.1, 0.15) is 12.8 Å². The number of carbonyl (C=O) groups is 1. The van der Waals surface area contributed by atoms with Crippen molar-refractivity contribution in [3.8, 4) is 11.8 Å². The first-order valence-electron chi connectivity index (χ1n) is 7.24. The molecule has 2 N–H and O–H groups in total. The number of hydrogen-bond donors (Lipinski definition) is 2. The van der Waals surface area contributed by atoms with E-state index in [1.165, 1.54) is 13.3 Å². The third-order valence-corrected chi connectivity index (χ3v) is 3.65. The SMILES string of the molecule is COc1ccc(Cl)cc1N/C=C(/C#N)C(=O)NCC1CCCO1. The smallest absolute Gasteiger partial charge is 0.263 e. The van der Waals surface area contributed by atoms with Gasteiger partial charge < -0.3 is 20.1 Å². The van der Waals surface area contributed by atoms with Gasteiger partial charge in [-0.25, -0.2) is 0 Å². The maximum absolute atomic E-state index is 12.0. The zero-order chi connectivity index (χ0) is 16.7. The maximum atomic E-state index is 12.0. The summed E-state index contributed by atoms with van der Waals surface area (Å²) >= 11 is 5.93. The van der Waals surface area contributed by atoms with Gasteiger partial charge in [-0.2, -0.15) is 5.26 Å². The van der Waals surface area contributed by atoms with Crippen LogP contribution < -0.4 is 15.4 Å². The maximum Gasteiger partial charge on any atom is 0.263 e. The highest BCUT2D eigenvalue weighted by Gasteiger charge is 2.17. The van der Waals surface area contributed by atoms with Crippen LogP contribution in [0.2, 0.25) is 5.02 Å². The molecule has 1 amide bonds. The van der Waals surface area contributed by atoms with Crippen molar-refractivity contribution < 1.29 is 14.3 Å². The van der Waals surface area contributed by atoms with Crippen molar-refractivity contribution >= 4 is 23.2 Å². The predicted molar refractivity (Wildman–Crippen MR) is 87.3 cm³/mol. The number of methoxy groups -OCH3 is 1. The van der Waals surface area contributed by atoms with Gasteiger partial charge in [0, 0.05) is 24.4 Å². The van der Waals surface area contributed by atoms with Gasteiger partial charge in [-0.15, -0.1) is 0 Å². The molecule has 1 aliphatic rings. The van der Waals surface area contributed by atoms with E-state index in [1.54, 1.807) is 18.2 Å². The second kappa shape index (κ2) is 8.42. The fourth-order valence-corrected chi connectivity index (χ4v) is 2.37. The number of anilines is 1. The third kappa shape index (κ3) is 4.88. The summed E-state index contributed by atoms with van der Waals surface area (Å²) in [5, 5.41) is 15.2. The molecule has 1 unspecified atom stereocenters. The number of amides is 1. The van der Waals surface area contributed by atoms with E-state index < -0.39 is 5.91 Å². The quantitative estimate of drug-likeness (QED) is 0.616. The van der Waals surface area contributed by atoms with Crippen LogP contribution in [0, 0.1) is 11.3 Å². The topological polar surface area (TPSA) is 83.4 Å². The molecular weight excluding hydrogens is 318 g/mol. The van der Waals surface area contributed by atoms with Gasteiger partial charge in [0.15, 0.2) is 0 Å². The minimum absolute atomic E-state index is 0.0277. The highest BCUT2D eigenvalue weighted by molar-refractivity contribution is 6.30. The van der Waals surface area contributed by atoms with Gasteiger partial charge in [0.2, 0.25) is 0 Å². The molecular formula is C16H18ClN3O3. The number of halogens is 1. The van der Waals surface area contributed by atoms with Crippen LogP contribution in [0.25, 0.3) is 0 Å². The van der Waals surface area contributed by atoms with E-state index in [4.69, 9.17) is 26.3 Å². The number of benzene rings is 1. The van der Waals surface area contributed by atoms with Gasteiger partial charge in [-0.1, -0.05) is 11.6 Å². The standard InChI is InChI=1S/C16H18ClN3O3/c1-22-15-5-4-12(17)7-14(15)19-9-11(8-18)16(21)20-10-13-3-2-6-23-13/h4-5,7,9,13,19H,2-3,6,10H2,1H3,(H,20,21)/b11-9-. The molecule has 23 heavy (non-hydrogen) atoms. The largest absolute Gasteiger partial charge is 0.495 e. The third-order valence-electron chi connectivity index (χ3n) is 3.41. The first kappa shape index (κ1) is 17.1. The van der Waals surface area contributed by atoms with E-state index in [0.29, 0.717) is 23.0 Å². The lowest BCUT2D eigenvalue weighted by Crippen LogP contribution is -2.32. The molecule has 2 rings (SSSR count). The second-order valence-electron chi connectivity index (χ2n) is 5.00. The minimum atomic E-state index is -0.448. The number of nitriles is 1. The van der Waals surface area contributed by atoms with Crippen LogP contribution >= 0.6 is 11.6 Å². The summed E-state index contributed by atoms with van der Waals surface area (Å²) in [6.07, 6.45) is 3.28. The lowest BCUT2D eigenvalue weighted by Gasteiger charge is -2.11. The molecule has 0 radical (unpaired) electrons. The summed E-state index contributed by atoms with van der Waals surface area (Å²) in [6, 6.07) is 6.91. The van der Waals surface area contributed by atoms with E-state index in [-0.39, 0.29) is 11.7 Å². The van der Waals surface area contributed by atoms with Crippen LogP contribution in [-0.4, -0.2) is 32.3 Å². The van der Waals surface area contributed by atoms with Crippen LogP contribution in [0.4, 0.5) is 5.69 Å². The Kier molecular flexibility index (Phi) is 6.27. The molecule has 1 atom stereocenters. The number of hydrogen-bond acceptors (Lipinski definition) is 5. The second-order valence-corrected chi connectivity index (χ2v) is 5.44. The van der Waals surface area contributed by atoms with Crippen LogP contribution in [-0.2, 0) is 9.53 Å². The van der Waals surface area contributed by atoms with Gasteiger partial charge in [-0.05, 0) is 31.0 Å². The fraction of sp³-hybridized carbons (Fsp3) is 0.375. The Hall–Kier alpha value is -2.23. The molecule has 1 heterocycles. The Labute approximate surface area is 140 Å². The number of ether oxygens (including phenoxy) is 2. The highest BCUT2D eigenvalue weighted by atomic mass is 35.5. The molecule has 7 heteroatoms. The first-order chi connectivity index (χ1) is 11.1. The molecule has 1 saturated heterocycles. The van der Waals surface area contributed by atoms with Crippen molar-refractivity contribution in [3.63, 3.8) is 0 Å². The summed E-state index contributed by atoms with van der Waals surface area (Å²) in [7, 11) is 1.53. The average Bonchev–Trinajstić information content (AvgIpc) is 3.07. The van der Waals surface area contributed by atoms with Crippen molar-refractivity contribution in [2.45, 2.75) is 18.9 Å². The van der Waals surface area contributed by atoms with Crippen molar-refractivity contribution in [2.24, 2.45) is 0 Å². The van der Waals surface area contributed by atoms with E-state index in [2.05, 4.69) is 10.6 Å². The van der Waals surface area contributed by atoms with Gasteiger partial charge in [0.05, 0.1) is 18.9 Å². The molecule has 0 spiro atoms. The lowest BCUT2D eigenvalue weighted by molar-refractivity contribution is -0.117. The summed E-state index contributed by atoms with van der Waals surface area (Å²) in [5.41, 5.74) is 0.532. The molecule has 0 bridgehead atoms. The van der Waals surface area contributed by atoms with Crippen molar-refractivity contribution in [1.82, 2.24) is 5.32 Å². The number of nitrogens with zero attached hydrogens (tertiary/aromatic N) is 1. The Balaban J connectivity index is 1.99. The van der Waals surface area contributed by atoms with E-state index >= 15 is 0 Å². The van der Waals surface area contributed by atoms with Crippen LogP contribution in [0.15, 0.2) is 30.0 Å². The number of rotatable bonds is 6. The Morgan fingerprint density at radius 2 is 2.43 bits per heavy atom. The number of nitrogens with one attached hydrogen (secondary N) is 2. The van der Waals surface area contributed by atoms with Crippen molar-refractivity contribution in [1.29, 1.82) is 5.26 Å². The highest BCUT2D eigenvalue weighted by Crippen LogP contribution is 2.27. The van der Waals surface area contributed by atoms with Gasteiger partial charge in [-0.3, -0.25) is 4.79 Å². The Morgan fingerprint density at radius 1 is 1.61 bits per heavy atom. The summed E-state index contributed by atoms with van der Waals surface area (Å²) in [4.78, 5) is 12.0. The van der Waals surface area contributed by atoms with Crippen LogP contribution in [0.5, 0.6) is 5.75 Å². The van der Waals surface area contributed by atoms with E-state index in [1.807, 2.05) is 6.07 Å². The molecule has 6 nitrogen and oxygen atoms in total. The van der Waals surface area contributed by atoms with Crippen molar-refractivity contribution in [2.75, 3.05) is 25.6 Å². The minimum Gasteiger partial charge on any atom is -0.495 e. The lowest BCUT2D eigenvalue weighted by atomic mass is 10.2. The van der Waals surface area contributed by atoms with Gasteiger partial charge in [0.1, 0.15) is 17.4 Å². The predicted octanol–water partition coefficient (Wildman–Crippen LogP) is 2.46. The van der Waals surface area contributed by atoms with Crippen molar-refractivity contribution in [3.05, 3.63) is 35.0 Å².